The first kappa shape index (κ1) is 12.2. The lowest BCUT2D eigenvalue weighted by atomic mass is 10.0. The highest BCUT2D eigenvalue weighted by Gasteiger charge is 1.99. The maximum absolute atomic E-state index is 6.01. The minimum absolute atomic E-state index is 0.777. The van der Waals surface area contributed by atoms with Crippen molar-refractivity contribution in [1.82, 2.24) is 5.32 Å². The highest BCUT2D eigenvalue weighted by atomic mass is 35.5. The summed E-state index contributed by atoms with van der Waals surface area (Å²) in [7, 11) is 0. The Labute approximate surface area is 107 Å². The average Bonchev–Trinajstić information content (AvgIpc) is 2.37. The third kappa shape index (κ3) is 3.32. The van der Waals surface area contributed by atoms with Gasteiger partial charge in [-0.1, -0.05) is 48.9 Å². The maximum atomic E-state index is 6.01. The minimum atomic E-state index is 0.777. The van der Waals surface area contributed by atoms with E-state index in [-0.39, 0.29) is 0 Å². The summed E-state index contributed by atoms with van der Waals surface area (Å²) in [6, 6.07) is 16.5. The highest BCUT2D eigenvalue weighted by molar-refractivity contribution is 6.30. The SMILES string of the molecule is CCNCc1cccc(-c2cccc(Cl)c2)c1. The van der Waals surface area contributed by atoms with Crippen LogP contribution in [0.4, 0.5) is 0 Å². The molecular formula is C15H16ClN. The van der Waals surface area contributed by atoms with Gasteiger partial charge in [0.1, 0.15) is 0 Å². The third-order valence-electron chi connectivity index (χ3n) is 2.66. The largest absolute Gasteiger partial charge is 0.313 e. The Bertz CT molecular complexity index is 494. The van der Waals surface area contributed by atoms with Gasteiger partial charge in [0.15, 0.2) is 0 Å². The lowest BCUT2D eigenvalue weighted by molar-refractivity contribution is 0.727. The minimum Gasteiger partial charge on any atom is -0.313 e. The van der Waals surface area contributed by atoms with Gasteiger partial charge in [-0.3, -0.25) is 0 Å². The molecule has 0 aromatic heterocycles. The van der Waals surface area contributed by atoms with Gasteiger partial charge >= 0.3 is 0 Å². The van der Waals surface area contributed by atoms with Gasteiger partial charge in [0.25, 0.3) is 0 Å². The number of benzene rings is 2. The van der Waals surface area contributed by atoms with Crippen LogP contribution in [-0.2, 0) is 6.54 Å². The molecule has 0 aliphatic carbocycles. The molecule has 0 heterocycles. The van der Waals surface area contributed by atoms with Gasteiger partial charge in [0.05, 0.1) is 0 Å². The van der Waals surface area contributed by atoms with E-state index in [1.165, 1.54) is 11.1 Å². The quantitative estimate of drug-likeness (QED) is 0.855. The van der Waals surface area contributed by atoms with Crippen LogP contribution in [0.5, 0.6) is 0 Å². The molecule has 0 fully saturated rings. The second-order valence-corrected chi connectivity index (χ2v) is 4.43. The molecule has 0 saturated carbocycles. The van der Waals surface area contributed by atoms with E-state index in [0.29, 0.717) is 0 Å². The zero-order valence-corrected chi connectivity index (χ0v) is 10.7. The van der Waals surface area contributed by atoms with Crippen molar-refractivity contribution in [3.8, 4) is 11.1 Å². The molecule has 2 aromatic rings. The molecule has 0 aliphatic rings. The molecule has 2 heteroatoms. The zero-order chi connectivity index (χ0) is 12.1. The fraction of sp³-hybridized carbons (Fsp3) is 0.200. The summed E-state index contributed by atoms with van der Waals surface area (Å²) in [5, 5.41) is 4.11. The molecular weight excluding hydrogens is 230 g/mol. The summed E-state index contributed by atoms with van der Waals surface area (Å²) in [6.45, 7) is 4.01. The van der Waals surface area contributed by atoms with E-state index in [0.717, 1.165) is 23.7 Å². The first-order valence-corrected chi connectivity index (χ1v) is 6.23. The molecule has 88 valence electrons. The van der Waals surface area contributed by atoms with Crippen LogP contribution in [-0.4, -0.2) is 6.54 Å². The van der Waals surface area contributed by atoms with E-state index in [1.807, 2.05) is 18.2 Å². The van der Waals surface area contributed by atoms with Gasteiger partial charge in [-0.2, -0.15) is 0 Å². The summed E-state index contributed by atoms with van der Waals surface area (Å²) >= 11 is 6.01. The number of hydrogen-bond donors (Lipinski definition) is 1. The van der Waals surface area contributed by atoms with Gasteiger partial charge < -0.3 is 5.32 Å². The summed E-state index contributed by atoms with van der Waals surface area (Å²) < 4.78 is 0. The Kier molecular flexibility index (Phi) is 4.18. The van der Waals surface area contributed by atoms with Crippen molar-refractivity contribution < 1.29 is 0 Å². The molecule has 17 heavy (non-hydrogen) atoms. The number of nitrogens with one attached hydrogen (secondary N) is 1. The molecule has 2 rings (SSSR count). The molecule has 0 saturated heterocycles. The molecule has 1 N–H and O–H groups in total. The predicted octanol–water partition coefficient (Wildman–Crippen LogP) is 4.12. The Morgan fingerprint density at radius 2 is 1.71 bits per heavy atom. The van der Waals surface area contributed by atoms with Crippen molar-refractivity contribution in [1.29, 1.82) is 0 Å². The third-order valence-corrected chi connectivity index (χ3v) is 2.90. The number of halogens is 1. The van der Waals surface area contributed by atoms with Crippen molar-refractivity contribution >= 4 is 11.6 Å². The van der Waals surface area contributed by atoms with Crippen LogP contribution < -0.4 is 5.32 Å². The summed E-state index contributed by atoms with van der Waals surface area (Å²) in [5.41, 5.74) is 3.67. The molecule has 0 bridgehead atoms. The molecule has 1 nitrogen and oxygen atoms in total. The Hall–Kier alpha value is -1.31. The van der Waals surface area contributed by atoms with E-state index in [4.69, 9.17) is 11.6 Å². The number of hydrogen-bond acceptors (Lipinski definition) is 1. The van der Waals surface area contributed by atoms with Crippen LogP contribution in [0.3, 0.4) is 0 Å². The fourth-order valence-electron chi connectivity index (χ4n) is 1.80. The van der Waals surface area contributed by atoms with E-state index in [9.17, 15) is 0 Å². The lowest BCUT2D eigenvalue weighted by Crippen LogP contribution is -2.11. The molecule has 0 amide bonds. The van der Waals surface area contributed by atoms with Crippen molar-refractivity contribution in [2.45, 2.75) is 13.5 Å². The zero-order valence-electron chi connectivity index (χ0n) is 9.91. The molecule has 0 radical (unpaired) electrons. The van der Waals surface area contributed by atoms with Crippen LogP contribution >= 0.6 is 11.6 Å². The number of rotatable bonds is 4. The van der Waals surface area contributed by atoms with E-state index in [1.54, 1.807) is 0 Å². The van der Waals surface area contributed by atoms with Gasteiger partial charge in [-0.25, -0.2) is 0 Å². The van der Waals surface area contributed by atoms with Gasteiger partial charge in [0.2, 0.25) is 0 Å². The first-order valence-electron chi connectivity index (χ1n) is 5.85. The van der Waals surface area contributed by atoms with Crippen LogP contribution in [0.25, 0.3) is 11.1 Å². The average molecular weight is 246 g/mol. The smallest absolute Gasteiger partial charge is 0.0412 e. The Morgan fingerprint density at radius 3 is 2.41 bits per heavy atom. The molecule has 0 atom stereocenters. The topological polar surface area (TPSA) is 12.0 Å². The van der Waals surface area contributed by atoms with Crippen LogP contribution in [0.1, 0.15) is 12.5 Å². The van der Waals surface area contributed by atoms with Crippen molar-refractivity contribution in [2.24, 2.45) is 0 Å². The summed E-state index contributed by atoms with van der Waals surface area (Å²) in [4.78, 5) is 0. The first-order chi connectivity index (χ1) is 8.29. The summed E-state index contributed by atoms with van der Waals surface area (Å²) in [5.74, 6) is 0. The van der Waals surface area contributed by atoms with E-state index < -0.39 is 0 Å². The van der Waals surface area contributed by atoms with Gasteiger partial charge in [-0.05, 0) is 41.4 Å². The van der Waals surface area contributed by atoms with Crippen LogP contribution in [0.15, 0.2) is 48.5 Å². The van der Waals surface area contributed by atoms with Crippen LogP contribution in [0.2, 0.25) is 5.02 Å². The highest BCUT2D eigenvalue weighted by Crippen LogP contribution is 2.23. The predicted molar refractivity (Wildman–Crippen MR) is 74.3 cm³/mol. The normalized spacial score (nSPS) is 10.5. The monoisotopic (exact) mass is 245 g/mol. The lowest BCUT2D eigenvalue weighted by Gasteiger charge is -2.06. The second kappa shape index (κ2) is 5.85. The van der Waals surface area contributed by atoms with Crippen molar-refractivity contribution in [3.63, 3.8) is 0 Å². The summed E-state index contributed by atoms with van der Waals surface area (Å²) in [6.07, 6.45) is 0. The Balaban J connectivity index is 2.26. The van der Waals surface area contributed by atoms with Crippen molar-refractivity contribution in [3.05, 3.63) is 59.1 Å². The van der Waals surface area contributed by atoms with E-state index >= 15 is 0 Å². The molecule has 0 unspecified atom stereocenters. The standard InChI is InChI=1S/C15H16ClN/c1-2-17-11-12-5-3-6-13(9-12)14-7-4-8-15(16)10-14/h3-10,17H,2,11H2,1H3. The fourth-order valence-corrected chi connectivity index (χ4v) is 1.99. The maximum Gasteiger partial charge on any atom is 0.0412 e. The Morgan fingerprint density at radius 1 is 1.00 bits per heavy atom. The second-order valence-electron chi connectivity index (χ2n) is 3.99. The molecule has 2 aromatic carbocycles. The molecule has 0 aliphatic heterocycles. The van der Waals surface area contributed by atoms with Gasteiger partial charge in [0, 0.05) is 11.6 Å². The van der Waals surface area contributed by atoms with E-state index in [2.05, 4.69) is 42.6 Å². The van der Waals surface area contributed by atoms with Crippen molar-refractivity contribution in [2.75, 3.05) is 6.54 Å². The molecule has 0 spiro atoms. The van der Waals surface area contributed by atoms with Crippen LogP contribution in [0, 0.1) is 0 Å². The van der Waals surface area contributed by atoms with Gasteiger partial charge in [-0.15, -0.1) is 0 Å².